The highest BCUT2D eigenvalue weighted by Crippen LogP contribution is 2.35. The van der Waals surface area contributed by atoms with Crippen molar-refractivity contribution in [2.75, 3.05) is 338 Å². The Bertz CT molecular complexity index is 2370. The number of methoxy groups -OCH3 is 3. The highest BCUT2D eigenvalue weighted by Gasteiger charge is 2.40. The van der Waals surface area contributed by atoms with E-state index in [4.69, 9.17) is 142 Å². The lowest BCUT2D eigenvalue weighted by Crippen LogP contribution is -2.36. The SMILES string of the molecule is C=CC(=O)OCCNC(=O)OCCOC(=O)C(CCCOCCOCCOCCOCCOCCOCCOCCOCCOCCOCCOCCOCCC(=O)O)CC(CC(CC(C)(C)C(=O)OCCOCC(OC)OC)C(=O)OCCOCCOCCOCCOCCOCCOCCOCCOC)C(=O)OCCCCCCCCCCCC. The summed E-state index contributed by atoms with van der Waals surface area (Å²) in [4.78, 5) is 91.7. The van der Waals surface area contributed by atoms with Crippen molar-refractivity contribution in [3.63, 3.8) is 0 Å². The number of carbonyl (C=O) groups excluding carboxylic acids is 6. The number of hydrogen-bond donors (Lipinski definition) is 2. The van der Waals surface area contributed by atoms with E-state index >= 15 is 0 Å². The van der Waals surface area contributed by atoms with Gasteiger partial charge < -0.3 is 148 Å². The summed E-state index contributed by atoms with van der Waals surface area (Å²) in [6, 6.07) is 0. The summed E-state index contributed by atoms with van der Waals surface area (Å²) < 4.78 is 160. The molecular formula is C84H155NO37. The largest absolute Gasteiger partial charge is 0.481 e. The van der Waals surface area contributed by atoms with Gasteiger partial charge in [0.1, 0.15) is 33.0 Å². The van der Waals surface area contributed by atoms with Crippen molar-refractivity contribution in [2.24, 2.45) is 23.2 Å². The van der Waals surface area contributed by atoms with Crippen LogP contribution in [0, 0.1) is 23.2 Å². The van der Waals surface area contributed by atoms with Crippen molar-refractivity contribution in [1.82, 2.24) is 5.32 Å². The third kappa shape index (κ3) is 81.9. The molecule has 38 heteroatoms. The molecular weight excluding hydrogens is 1610 g/mol. The number of carbonyl (C=O) groups is 7. The van der Waals surface area contributed by atoms with Crippen LogP contribution in [-0.4, -0.2) is 392 Å². The summed E-state index contributed by atoms with van der Waals surface area (Å²) in [6.07, 6.45) is 10.0. The number of ether oxygens (including phenoxy) is 29. The lowest BCUT2D eigenvalue weighted by Gasteiger charge is -2.30. The van der Waals surface area contributed by atoms with Gasteiger partial charge in [-0.3, -0.25) is 24.0 Å². The maximum absolute atomic E-state index is 14.6. The maximum atomic E-state index is 14.6. The smallest absolute Gasteiger partial charge is 0.407 e. The van der Waals surface area contributed by atoms with Crippen LogP contribution in [0.1, 0.15) is 124 Å². The maximum Gasteiger partial charge on any atom is 0.407 e. The molecule has 0 rings (SSSR count). The van der Waals surface area contributed by atoms with Crippen molar-refractivity contribution in [1.29, 1.82) is 0 Å². The van der Waals surface area contributed by atoms with Crippen LogP contribution < -0.4 is 5.32 Å². The molecule has 0 aliphatic rings. The average molecular weight is 1770 g/mol. The van der Waals surface area contributed by atoms with E-state index < -0.39 is 71.4 Å². The van der Waals surface area contributed by atoms with E-state index in [1.54, 1.807) is 21.0 Å². The number of aliphatic carboxylic acids is 1. The van der Waals surface area contributed by atoms with Gasteiger partial charge in [0, 0.05) is 34.0 Å². The van der Waals surface area contributed by atoms with Gasteiger partial charge >= 0.3 is 41.9 Å². The first-order chi connectivity index (χ1) is 59.6. The minimum Gasteiger partial charge on any atom is -0.481 e. The van der Waals surface area contributed by atoms with Crippen molar-refractivity contribution in [3.8, 4) is 0 Å². The number of unbranched alkanes of at least 4 members (excludes halogenated alkanes) is 9. The fraction of sp³-hybridized carbons (Fsp3) is 0.893. The summed E-state index contributed by atoms with van der Waals surface area (Å²) in [5, 5.41) is 11.0. The van der Waals surface area contributed by atoms with Gasteiger partial charge in [-0.15, -0.1) is 0 Å². The minimum absolute atomic E-state index is 0.00217. The molecule has 3 atom stereocenters. The van der Waals surface area contributed by atoms with E-state index in [1.807, 2.05) is 0 Å². The van der Waals surface area contributed by atoms with Crippen molar-refractivity contribution in [3.05, 3.63) is 12.7 Å². The molecule has 1 amide bonds. The van der Waals surface area contributed by atoms with Crippen LogP contribution in [0.15, 0.2) is 12.7 Å². The van der Waals surface area contributed by atoms with Gasteiger partial charge in [0.25, 0.3) is 0 Å². The fourth-order valence-corrected chi connectivity index (χ4v) is 10.8. The highest BCUT2D eigenvalue weighted by atomic mass is 16.7. The number of nitrogens with one attached hydrogen (secondary N) is 1. The molecule has 0 bridgehead atoms. The van der Waals surface area contributed by atoms with Crippen LogP contribution in [0.4, 0.5) is 4.79 Å². The quantitative estimate of drug-likeness (QED) is 0.0218. The van der Waals surface area contributed by atoms with Crippen LogP contribution in [0.2, 0.25) is 0 Å². The number of hydrogen-bond acceptors (Lipinski definition) is 36. The number of amides is 1. The van der Waals surface area contributed by atoms with Crippen LogP contribution >= 0.6 is 0 Å². The second kappa shape index (κ2) is 92.1. The van der Waals surface area contributed by atoms with Crippen molar-refractivity contribution in [2.45, 2.75) is 130 Å². The Morgan fingerprint density at radius 2 is 0.639 bits per heavy atom. The first kappa shape index (κ1) is 117. The second-order valence-corrected chi connectivity index (χ2v) is 27.8. The summed E-state index contributed by atoms with van der Waals surface area (Å²) in [5.74, 6) is -7.49. The Kier molecular flexibility index (Phi) is 88.3. The van der Waals surface area contributed by atoms with E-state index in [1.165, 1.54) is 46.3 Å². The lowest BCUT2D eigenvalue weighted by molar-refractivity contribution is -0.163. The Hall–Kier alpha value is -5.09. The molecule has 0 aromatic rings. The van der Waals surface area contributed by atoms with Gasteiger partial charge in [-0.1, -0.05) is 71.3 Å². The molecule has 0 aliphatic carbocycles. The lowest BCUT2D eigenvalue weighted by atomic mass is 9.77. The van der Waals surface area contributed by atoms with E-state index in [0.29, 0.717) is 224 Å². The van der Waals surface area contributed by atoms with Gasteiger partial charge in [0.05, 0.1) is 307 Å². The average Bonchev–Trinajstić information content (AvgIpc) is 0.836. The molecule has 38 nitrogen and oxygen atoms in total. The first-order valence-corrected chi connectivity index (χ1v) is 43.3. The molecule has 0 saturated heterocycles. The molecule has 2 N–H and O–H groups in total. The molecule has 0 radical (unpaired) electrons. The normalized spacial score (nSPS) is 12.4. The highest BCUT2D eigenvalue weighted by molar-refractivity contribution is 5.81. The van der Waals surface area contributed by atoms with E-state index in [9.17, 15) is 33.6 Å². The summed E-state index contributed by atoms with van der Waals surface area (Å²) in [6.45, 7) is 22.1. The molecule has 122 heavy (non-hydrogen) atoms. The third-order valence-corrected chi connectivity index (χ3v) is 17.3. The molecule has 0 saturated carbocycles. The number of alkyl carbamates (subject to hydrolysis) is 1. The van der Waals surface area contributed by atoms with Gasteiger partial charge in [0.15, 0.2) is 6.29 Å². The number of carboxylic acid groups (broad SMARTS) is 1. The fourth-order valence-electron chi connectivity index (χ4n) is 10.8. The Morgan fingerprint density at radius 1 is 0.328 bits per heavy atom. The summed E-state index contributed by atoms with van der Waals surface area (Å²) >= 11 is 0. The van der Waals surface area contributed by atoms with Crippen LogP contribution in [0.5, 0.6) is 0 Å². The second-order valence-electron chi connectivity index (χ2n) is 27.8. The first-order valence-electron chi connectivity index (χ1n) is 43.3. The summed E-state index contributed by atoms with van der Waals surface area (Å²) in [7, 11) is 4.56. The molecule has 0 heterocycles. The van der Waals surface area contributed by atoms with Crippen LogP contribution in [-0.2, 0) is 166 Å². The predicted molar refractivity (Wildman–Crippen MR) is 442 cm³/mol. The Labute approximate surface area is 724 Å². The zero-order valence-electron chi connectivity index (χ0n) is 74.5. The Morgan fingerprint density at radius 3 is 1.02 bits per heavy atom. The van der Waals surface area contributed by atoms with Gasteiger partial charge in [-0.25, -0.2) is 9.59 Å². The van der Waals surface area contributed by atoms with E-state index in [2.05, 4.69) is 18.8 Å². The number of esters is 5. The number of carboxylic acids is 1. The van der Waals surface area contributed by atoms with Crippen LogP contribution in [0.3, 0.4) is 0 Å². The molecule has 0 spiro atoms. The van der Waals surface area contributed by atoms with E-state index in [0.717, 1.165) is 31.8 Å². The summed E-state index contributed by atoms with van der Waals surface area (Å²) in [5.41, 5.74) is -1.33. The van der Waals surface area contributed by atoms with Crippen LogP contribution in [0.25, 0.3) is 0 Å². The molecule has 718 valence electrons. The van der Waals surface area contributed by atoms with Gasteiger partial charge in [-0.2, -0.15) is 0 Å². The predicted octanol–water partition coefficient (Wildman–Crippen LogP) is 6.43. The van der Waals surface area contributed by atoms with Crippen molar-refractivity contribution < 1.29 is 176 Å². The van der Waals surface area contributed by atoms with Crippen molar-refractivity contribution >= 4 is 41.9 Å². The van der Waals surface area contributed by atoms with Gasteiger partial charge in [-0.05, 0) is 52.4 Å². The third-order valence-electron chi connectivity index (χ3n) is 17.3. The molecule has 0 aliphatic heterocycles. The van der Waals surface area contributed by atoms with Gasteiger partial charge in [0.2, 0.25) is 0 Å². The molecule has 0 fully saturated rings. The Balaban J connectivity index is 5.62. The molecule has 3 unspecified atom stereocenters. The zero-order valence-corrected chi connectivity index (χ0v) is 74.5. The molecule has 0 aromatic carbocycles. The topological polar surface area (TPSA) is 419 Å². The monoisotopic (exact) mass is 1770 g/mol. The number of rotatable bonds is 99. The minimum atomic E-state index is -1.33. The van der Waals surface area contributed by atoms with E-state index in [-0.39, 0.29) is 138 Å². The molecule has 0 aromatic heterocycles. The standard InChI is InChI=1S/C84H155NO37/c1-8-10-11-12-13-14-15-16-17-18-24-118-80(90)74(70-75(71-84(3,4)82(92)121-66-64-116-72-78(95-6)96-7)81(91)119-65-63-115-62-61-114-60-59-113-58-57-108-46-45-105-40-39-102-34-33-99-28-27-94-5)69-73(79(89)120-67-68-122-83(93)85-22-26-117-77(88)9-2)20-19-23-97-29-31-100-35-37-103-41-43-106-47-49-109-51-53-111-55-56-112-54-52-110-50-48-107-44-42-104-38-36-101-32-30-98-25-21-76(86)87/h9,73-75,78H,2,8,10-72H2,1,3-7H3,(H,85,93)(H,86,87). The zero-order chi connectivity index (χ0) is 89.0.